The maximum atomic E-state index is 12.3. The van der Waals surface area contributed by atoms with E-state index in [1.54, 1.807) is 12.1 Å². The molecule has 0 spiro atoms. The first-order chi connectivity index (χ1) is 10.1. The Morgan fingerprint density at radius 2 is 1.78 bits per heavy atom. The summed E-state index contributed by atoms with van der Waals surface area (Å²) < 4.78 is 0. The first kappa shape index (κ1) is 20.0. The molecule has 0 radical (unpaired) electrons. The molecule has 1 aromatic heterocycles. The molecule has 0 bridgehead atoms. The number of hydrogen-bond acceptors (Lipinski definition) is 3. The number of benzene rings is 1. The number of carbonyl (C=O) groups is 1. The quantitative estimate of drug-likeness (QED) is 0.839. The maximum Gasteiger partial charge on any atom is 0.270 e. The standard InChI is InChI=1S/C16H18ClN3O.2ClH/c17-11-3-1-10-2-8-14(20-15(10)9-11)16(21)19-13-6-4-12(18)5-7-13;;/h1-3,8-9,12-13H,4-7,18H2,(H,19,21);2*1H. The van der Waals surface area contributed by atoms with Crippen molar-refractivity contribution in [3.8, 4) is 0 Å². The second-order valence-electron chi connectivity index (χ2n) is 5.62. The highest BCUT2D eigenvalue weighted by Crippen LogP contribution is 2.19. The summed E-state index contributed by atoms with van der Waals surface area (Å²) in [4.78, 5) is 16.7. The van der Waals surface area contributed by atoms with Crippen LogP contribution in [0.5, 0.6) is 0 Å². The van der Waals surface area contributed by atoms with Crippen LogP contribution in [0, 0.1) is 0 Å². The van der Waals surface area contributed by atoms with Crippen molar-refractivity contribution in [3.63, 3.8) is 0 Å². The summed E-state index contributed by atoms with van der Waals surface area (Å²) >= 11 is 5.97. The van der Waals surface area contributed by atoms with Crippen molar-refractivity contribution >= 4 is 53.2 Å². The van der Waals surface area contributed by atoms with Crippen LogP contribution in [0.15, 0.2) is 30.3 Å². The van der Waals surface area contributed by atoms with Gasteiger partial charge in [-0.25, -0.2) is 4.98 Å². The molecule has 1 amide bonds. The summed E-state index contributed by atoms with van der Waals surface area (Å²) in [7, 11) is 0. The SMILES string of the molecule is Cl.Cl.NC1CCC(NC(=O)c2ccc3ccc(Cl)cc3n2)CC1. The minimum atomic E-state index is -0.127. The number of fused-ring (bicyclic) bond motifs is 1. The lowest BCUT2D eigenvalue weighted by Gasteiger charge is -2.26. The molecule has 126 valence electrons. The Morgan fingerprint density at radius 3 is 2.48 bits per heavy atom. The average molecular weight is 377 g/mol. The number of hydrogen-bond donors (Lipinski definition) is 2. The van der Waals surface area contributed by atoms with Gasteiger partial charge in [0.1, 0.15) is 5.69 Å². The topological polar surface area (TPSA) is 68.0 Å². The van der Waals surface area contributed by atoms with Crippen molar-refractivity contribution in [2.75, 3.05) is 0 Å². The molecule has 1 aliphatic rings. The molecule has 1 heterocycles. The van der Waals surface area contributed by atoms with Crippen LogP contribution in [0.25, 0.3) is 10.9 Å². The van der Waals surface area contributed by atoms with Crippen molar-refractivity contribution in [1.29, 1.82) is 0 Å². The number of nitrogens with two attached hydrogens (primary N) is 1. The summed E-state index contributed by atoms with van der Waals surface area (Å²) in [6, 6.07) is 9.61. The van der Waals surface area contributed by atoms with E-state index in [0.717, 1.165) is 36.6 Å². The van der Waals surface area contributed by atoms with Crippen molar-refractivity contribution in [1.82, 2.24) is 10.3 Å². The Kier molecular flexibility index (Phi) is 7.55. The third-order valence-corrected chi connectivity index (χ3v) is 4.23. The fourth-order valence-corrected chi connectivity index (χ4v) is 2.91. The van der Waals surface area contributed by atoms with Gasteiger partial charge < -0.3 is 11.1 Å². The van der Waals surface area contributed by atoms with Crippen molar-refractivity contribution < 1.29 is 4.79 Å². The van der Waals surface area contributed by atoms with E-state index >= 15 is 0 Å². The maximum absolute atomic E-state index is 12.3. The van der Waals surface area contributed by atoms with Crippen LogP contribution in [-0.4, -0.2) is 23.0 Å². The van der Waals surface area contributed by atoms with Gasteiger partial charge in [-0.15, -0.1) is 24.8 Å². The summed E-state index contributed by atoms with van der Waals surface area (Å²) in [5, 5.41) is 4.64. The van der Waals surface area contributed by atoms with E-state index in [4.69, 9.17) is 17.3 Å². The highest BCUT2D eigenvalue weighted by molar-refractivity contribution is 6.31. The molecule has 1 saturated carbocycles. The zero-order chi connectivity index (χ0) is 14.8. The monoisotopic (exact) mass is 375 g/mol. The van der Waals surface area contributed by atoms with Gasteiger partial charge >= 0.3 is 0 Å². The van der Waals surface area contributed by atoms with Gasteiger partial charge in [-0.1, -0.05) is 23.7 Å². The lowest BCUT2D eigenvalue weighted by molar-refractivity contribution is 0.0921. The molecule has 3 rings (SSSR count). The number of carbonyl (C=O) groups excluding carboxylic acids is 1. The second-order valence-corrected chi connectivity index (χ2v) is 6.06. The van der Waals surface area contributed by atoms with E-state index in [2.05, 4.69) is 10.3 Å². The summed E-state index contributed by atoms with van der Waals surface area (Å²) in [5.41, 5.74) is 7.04. The van der Waals surface area contributed by atoms with Crippen LogP contribution >= 0.6 is 36.4 Å². The molecule has 0 saturated heterocycles. The molecule has 1 aromatic carbocycles. The first-order valence-corrected chi connectivity index (χ1v) is 7.62. The molecule has 0 atom stereocenters. The van der Waals surface area contributed by atoms with Gasteiger partial charge in [0.05, 0.1) is 5.52 Å². The van der Waals surface area contributed by atoms with E-state index in [0.29, 0.717) is 10.7 Å². The highest BCUT2D eigenvalue weighted by Gasteiger charge is 2.21. The third-order valence-electron chi connectivity index (χ3n) is 3.99. The smallest absolute Gasteiger partial charge is 0.270 e. The van der Waals surface area contributed by atoms with E-state index < -0.39 is 0 Å². The third kappa shape index (κ3) is 4.95. The van der Waals surface area contributed by atoms with Crippen LogP contribution in [0.2, 0.25) is 5.02 Å². The van der Waals surface area contributed by atoms with E-state index in [1.165, 1.54) is 0 Å². The summed E-state index contributed by atoms with van der Waals surface area (Å²) in [5.74, 6) is -0.127. The average Bonchev–Trinajstić information content (AvgIpc) is 2.48. The molecule has 0 unspecified atom stereocenters. The number of rotatable bonds is 2. The van der Waals surface area contributed by atoms with Gasteiger partial charge in [0, 0.05) is 22.5 Å². The minimum Gasteiger partial charge on any atom is -0.348 e. The van der Waals surface area contributed by atoms with E-state index in [1.807, 2.05) is 18.2 Å². The molecule has 4 nitrogen and oxygen atoms in total. The van der Waals surface area contributed by atoms with E-state index in [-0.39, 0.29) is 42.8 Å². The van der Waals surface area contributed by atoms with Gasteiger partial charge in [0.25, 0.3) is 5.91 Å². The normalized spacial score (nSPS) is 20.3. The Morgan fingerprint density at radius 1 is 1.13 bits per heavy atom. The molecule has 3 N–H and O–H groups in total. The molecular weight excluding hydrogens is 357 g/mol. The van der Waals surface area contributed by atoms with Crippen molar-refractivity contribution in [2.45, 2.75) is 37.8 Å². The van der Waals surface area contributed by atoms with Gasteiger partial charge in [-0.05, 0) is 43.9 Å². The van der Waals surface area contributed by atoms with Crippen LogP contribution in [0.4, 0.5) is 0 Å². The fraction of sp³-hybridized carbons (Fsp3) is 0.375. The zero-order valence-corrected chi connectivity index (χ0v) is 14.9. The second kappa shape index (κ2) is 8.69. The van der Waals surface area contributed by atoms with Gasteiger partial charge in [-0.2, -0.15) is 0 Å². The van der Waals surface area contributed by atoms with E-state index in [9.17, 15) is 4.79 Å². The molecule has 23 heavy (non-hydrogen) atoms. The van der Waals surface area contributed by atoms with Gasteiger partial charge in [0.2, 0.25) is 0 Å². The number of aromatic nitrogens is 1. The van der Waals surface area contributed by atoms with Crippen molar-refractivity contribution in [2.24, 2.45) is 5.73 Å². The Labute approximate surface area is 153 Å². The van der Waals surface area contributed by atoms with Crippen molar-refractivity contribution in [3.05, 3.63) is 41.0 Å². The fourth-order valence-electron chi connectivity index (χ4n) is 2.74. The lowest BCUT2D eigenvalue weighted by atomic mass is 9.92. The number of halogens is 3. The number of pyridine rings is 1. The first-order valence-electron chi connectivity index (χ1n) is 7.24. The zero-order valence-electron chi connectivity index (χ0n) is 12.5. The predicted octanol–water partition coefficient (Wildman–Crippen LogP) is 3.73. The van der Waals surface area contributed by atoms with Crippen LogP contribution in [0.1, 0.15) is 36.2 Å². The molecule has 7 heteroatoms. The molecule has 0 aliphatic heterocycles. The molecule has 2 aromatic rings. The predicted molar refractivity (Wildman–Crippen MR) is 98.9 cm³/mol. The largest absolute Gasteiger partial charge is 0.348 e. The molecular formula is C16H20Cl3N3O. The Bertz CT molecular complexity index is 673. The molecule has 1 aliphatic carbocycles. The van der Waals surface area contributed by atoms with Crippen LogP contribution < -0.4 is 11.1 Å². The summed E-state index contributed by atoms with van der Waals surface area (Å²) in [6.07, 6.45) is 3.80. The lowest BCUT2D eigenvalue weighted by Crippen LogP contribution is -2.40. The minimum absolute atomic E-state index is 0. The number of nitrogens with zero attached hydrogens (tertiary/aromatic N) is 1. The molecule has 1 fully saturated rings. The highest BCUT2D eigenvalue weighted by atomic mass is 35.5. The van der Waals surface area contributed by atoms with Crippen LogP contribution in [-0.2, 0) is 0 Å². The number of nitrogens with one attached hydrogen (secondary N) is 1. The van der Waals surface area contributed by atoms with Gasteiger partial charge in [-0.3, -0.25) is 4.79 Å². The van der Waals surface area contributed by atoms with Crippen LogP contribution in [0.3, 0.4) is 0 Å². The number of amides is 1. The Balaban J connectivity index is 0.00000132. The van der Waals surface area contributed by atoms with Gasteiger partial charge in [0.15, 0.2) is 0 Å². The summed E-state index contributed by atoms with van der Waals surface area (Å²) in [6.45, 7) is 0. The Hall–Kier alpha value is -1.07.